The SMILES string of the molecule is CC1(C)CC(=O)C2=C(C1)N(c1nnc(SCC#N)s1)C(N)=C(C#N)C2c1ccc(Cl)cc1Cl. The largest absolute Gasteiger partial charge is 0.384 e. The number of hydrogen-bond acceptors (Lipinski definition) is 9. The fraction of sp³-hybridized carbons (Fsp3) is 0.318. The van der Waals surface area contributed by atoms with Crippen molar-refractivity contribution in [2.45, 2.75) is 36.9 Å². The van der Waals surface area contributed by atoms with Gasteiger partial charge in [-0.05, 0) is 29.5 Å². The van der Waals surface area contributed by atoms with Crippen LogP contribution in [-0.2, 0) is 4.79 Å². The molecule has 2 aromatic rings. The highest BCUT2D eigenvalue weighted by atomic mass is 35.5. The van der Waals surface area contributed by atoms with Crippen molar-refractivity contribution in [3.63, 3.8) is 0 Å². The van der Waals surface area contributed by atoms with E-state index in [9.17, 15) is 10.1 Å². The molecule has 168 valence electrons. The molecule has 1 aromatic heterocycles. The number of halogens is 2. The number of nitriles is 2. The molecule has 0 fully saturated rings. The van der Waals surface area contributed by atoms with Crippen molar-refractivity contribution in [3.05, 3.63) is 56.5 Å². The zero-order chi connectivity index (χ0) is 23.9. The van der Waals surface area contributed by atoms with Gasteiger partial charge >= 0.3 is 0 Å². The molecular weight excluding hydrogens is 499 g/mol. The molecule has 1 aliphatic heterocycles. The number of ketones is 1. The second-order valence-corrected chi connectivity index (χ2v) is 11.5. The van der Waals surface area contributed by atoms with Crippen molar-refractivity contribution >= 4 is 57.2 Å². The highest BCUT2D eigenvalue weighted by molar-refractivity contribution is 8.01. The monoisotopic (exact) mass is 516 g/mol. The van der Waals surface area contributed by atoms with Crippen molar-refractivity contribution in [1.29, 1.82) is 10.5 Å². The van der Waals surface area contributed by atoms with Crippen LogP contribution in [0.25, 0.3) is 0 Å². The smallest absolute Gasteiger partial charge is 0.219 e. The summed E-state index contributed by atoms with van der Waals surface area (Å²) >= 11 is 15.1. The van der Waals surface area contributed by atoms with Crippen LogP contribution in [0.15, 0.2) is 45.2 Å². The van der Waals surface area contributed by atoms with Crippen LogP contribution in [0.3, 0.4) is 0 Å². The van der Waals surface area contributed by atoms with E-state index in [1.807, 2.05) is 13.8 Å². The first-order chi connectivity index (χ1) is 15.7. The number of allylic oxidation sites excluding steroid dienone is 3. The van der Waals surface area contributed by atoms with Crippen molar-refractivity contribution in [2.75, 3.05) is 10.7 Å². The molecule has 2 aliphatic rings. The first kappa shape index (κ1) is 23.6. The maximum absolute atomic E-state index is 13.5. The Labute approximate surface area is 209 Å². The van der Waals surface area contributed by atoms with Gasteiger partial charge in [0.05, 0.1) is 29.4 Å². The van der Waals surface area contributed by atoms with Crippen LogP contribution in [0.4, 0.5) is 5.13 Å². The Kier molecular flexibility index (Phi) is 6.43. The summed E-state index contributed by atoms with van der Waals surface area (Å²) in [5.41, 5.74) is 8.26. The van der Waals surface area contributed by atoms with Crippen molar-refractivity contribution in [2.24, 2.45) is 11.1 Å². The van der Waals surface area contributed by atoms with Crippen LogP contribution in [-0.4, -0.2) is 21.7 Å². The predicted octanol–water partition coefficient (Wildman–Crippen LogP) is 5.40. The van der Waals surface area contributed by atoms with Crippen molar-refractivity contribution in [1.82, 2.24) is 10.2 Å². The number of nitrogens with two attached hydrogens (primary N) is 1. The molecule has 7 nitrogen and oxygen atoms in total. The Morgan fingerprint density at radius 1 is 1.30 bits per heavy atom. The van der Waals surface area contributed by atoms with Crippen LogP contribution < -0.4 is 10.6 Å². The second-order valence-electron chi connectivity index (χ2n) is 8.44. The topological polar surface area (TPSA) is 120 Å². The summed E-state index contributed by atoms with van der Waals surface area (Å²) in [5, 5.41) is 28.6. The van der Waals surface area contributed by atoms with Crippen molar-refractivity contribution < 1.29 is 4.79 Å². The van der Waals surface area contributed by atoms with Crippen LogP contribution in [0.5, 0.6) is 0 Å². The number of carbonyl (C=O) groups is 1. The summed E-state index contributed by atoms with van der Waals surface area (Å²) in [5.74, 6) is -0.341. The Morgan fingerprint density at radius 3 is 2.73 bits per heavy atom. The lowest BCUT2D eigenvalue weighted by Gasteiger charge is -2.42. The first-order valence-corrected chi connectivity index (χ1v) is 12.5. The highest BCUT2D eigenvalue weighted by Gasteiger charge is 2.45. The minimum atomic E-state index is -0.699. The molecule has 0 bridgehead atoms. The number of aromatic nitrogens is 2. The third-order valence-corrected chi connectivity index (χ3v) is 7.97. The molecule has 11 heteroatoms. The normalized spacial score (nSPS) is 19.9. The van der Waals surface area contributed by atoms with E-state index in [0.29, 0.717) is 49.2 Å². The number of benzene rings is 1. The summed E-state index contributed by atoms with van der Waals surface area (Å²) < 4.78 is 0.601. The number of hydrogen-bond donors (Lipinski definition) is 1. The fourth-order valence-corrected chi connectivity index (χ4v) is 6.28. The van der Waals surface area contributed by atoms with Crippen molar-refractivity contribution in [3.8, 4) is 12.1 Å². The van der Waals surface area contributed by atoms with E-state index in [0.717, 1.165) is 0 Å². The zero-order valence-corrected chi connectivity index (χ0v) is 20.9. The van der Waals surface area contributed by atoms with Gasteiger partial charge in [0, 0.05) is 27.7 Å². The van der Waals surface area contributed by atoms with E-state index >= 15 is 0 Å². The summed E-state index contributed by atoms with van der Waals surface area (Å²) in [7, 11) is 0. The van der Waals surface area contributed by atoms with E-state index in [1.165, 1.54) is 23.1 Å². The van der Waals surface area contributed by atoms with Crippen LogP contribution in [0, 0.1) is 28.1 Å². The highest BCUT2D eigenvalue weighted by Crippen LogP contribution is 2.51. The summed E-state index contributed by atoms with van der Waals surface area (Å²) in [4.78, 5) is 15.2. The number of Topliss-reactive ketones (excluding diaryl/α,β-unsaturated/α-hetero) is 1. The predicted molar refractivity (Wildman–Crippen MR) is 130 cm³/mol. The fourth-order valence-electron chi connectivity index (χ4n) is 4.22. The standard InChI is InChI=1S/C22H18Cl2N6OS2/c1-22(2)8-15-18(16(31)9-22)17(12-4-3-11(23)7-14(12)24)13(10-26)19(27)30(15)20-28-29-21(33-20)32-6-5-25/h3-4,7,17H,6,8-9,27H2,1-2H3. The van der Waals surface area contributed by atoms with E-state index in [4.69, 9.17) is 34.2 Å². The van der Waals surface area contributed by atoms with Gasteiger partial charge in [-0.1, -0.05) is 66.2 Å². The Balaban J connectivity index is 1.94. The lowest BCUT2D eigenvalue weighted by molar-refractivity contribution is -0.118. The van der Waals surface area contributed by atoms with Gasteiger partial charge in [0.2, 0.25) is 5.13 Å². The van der Waals surface area contributed by atoms with Gasteiger partial charge in [0.25, 0.3) is 0 Å². The first-order valence-electron chi connectivity index (χ1n) is 9.91. The van der Waals surface area contributed by atoms with Gasteiger partial charge in [-0.15, -0.1) is 10.2 Å². The minimum Gasteiger partial charge on any atom is -0.384 e. The maximum atomic E-state index is 13.5. The van der Waals surface area contributed by atoms with Gasteiger partial charge in [-0.25, -0.2) is 0 Å². The molecule has 2 N–H and O–H groups in total. The lowest BCUT2D eigenvalue weighted by Crippen LogP contribution is -2.42. The lowest BCUT2D eigenvalue weighted by atomic mass is 9.68. The molecule has 1 aliphatic carbocycles. The maximum Gasteiger partial charge on any atom is 0.219 e. The van der Waals surface area contributed by atoms with Crippen LogP contribution >= 0.6 is 46.3 Å². The number of nitrogens with zero attached hydrogens (tertiary/aromatic N) is 5. The summed E-state index contributed by atoms with van der Waals surface area (Å²) in [6.07, 6.45) is 0.884. The van der Waals surface area contributed by atoms with Crippen LogP contribution in [0.2, 0.25) is 10.0 Å². The molecule has 0 spiro atoms. The second kappa shape index (κ2) is 9.00. The molecule has 1 aromatic carbocycles. The third-order valence-electron chi connectivity index (χ3n) is 5.50. The van der Waals surface area contributed by atoms with Gasteiger partial charge < -0.3 is 5.73 Å². The third kappa shape index (κ3) is 4.34. The molecular formula is C22H18Cl2N6OS2. The number of carbonyl (C=O) groups excluding carboxylic acids is 1. The van der Waals surface area contributed by atoms with E-state index in [1.54, 1.807) is 23.1 Å². The molecule has 0 saturated heterocycles. The number of anilines is 1. The molecule has 0 amide bonds. The summed E-state index contributed by atoms with van der Waals surface area (Å²) in [6, 6.07) is 9.27. The van der Waals surface area contributed by atoms with E-state index < -0.39 is 5.92 Å². The molecule has 1 atom stereocenters. The minimum absolute atomic E-state index is 0.0638. The quantitative estimate of drug-likeness (QED) is 0.536. The molecule has 0 radical (unpaired) electrons. The van der Waals surface area contributed by atoms with E-state index in [2.05, 4.69) is 22.3 Å². The van der Waals surface area contributed by atoms with Crippen LogP contribution in [0.1, 0.15) is 38.2 Å². The number of thioether (sulfide) groups is 1. The van der Waals surface area contributed by atoms with Gasteiger partial charge in [-0.3, -0.25) is 9.69 Å². The van der Waals surface area contributed by atoms with Gasteiger partial charge in [0.15, 0.2) is 10.1 Å². The summed E-state index contributed by atoms with van der Waals surface area (Å²) in [6.45, 7) is 4.04. The molecule has 0 saturated carbocycles. The Bertz CT molecular complexity index is 1300. The zero-order valence-electron chi connectivity index (χ0n) is 17.7. The number of rotatable bonds is 4. The average molecular weight is 517 g/mol. The average Bonchev–Trinajstić information content (AvgIpc) is 3.19. The Hall–Kier alpha value is -2.56. The molecule has 1 unspecified atom stereocenters. The van der Waals surface area contributed by atoms with Gasteiger partial charge in [-0.2, -0.15) is 10.5 Å². The molecule has 2 heterocycles. The molecule has 33 heavy (non-hydrogen) atoms. The van der Waals surface area contributed by atoms with Gasteiger partial charge in [0.1, 0.15) is 5.82 Å². The van der Waals surface area contributed by atoms with E-state index in [-0.39, 0.29) is 28.3 Å². The Morgan fingerprint density at radius 2 is 2.06 bits per heavy atom. The molecule has 4 rings (SSSR count).